The molecule has 2 aromatic rings. The van der Waals surface area contributed by atoms with Crippen molar-refractivity contribution in [3.8, 4) is 0 Å². The number of aliphatic hydroxyl groups excluding tert-OH is 1. The fourth-order valence-electron chi connectivity index (χ4n) is 1.92. The van der Waals surface area contributed by atoms with Crippen molar-refractivity contribution in [2.24, 2.45) is 0 Å². The number of allylic oxidation sites excluding steroid dienone is 3. The first kappa shape index (κ1) is 13.8. The highest BCUT2D eigenvalue weighted by atomic mass is 35.5. The molecule has 1 N–H and O–H groups in total. The van der Waals surface area contributed by atoms with Gasteiger partial charge in [-0.1, -0.05) is 36.8 Å². The molecule has 0 bridgehead atoms. The van der Waals surface area contributed by atoms with Crippen molar-refractivity contribution in [3.05, 3.63) is 53.5 Å². The molecule has 19 heavy (non-hydrogen) atoms. The van der Waals surface area contributed by atoms with Crippen LogP contribution in [0.25, 0.3) is 11.2 Å². The number of hydrogen-bond donors (Lipinski definition) is 1. The molecule has 100 valence electrons. The van der Waals surface area contributed by atoms with Crippen molar-refractivity contribution in [1.29, 1.82) is 0 Å². The molecule has 2 heterocycles. The number of aliphatic hydroxyl groups is 1. The average molecular weight is 277 g/mol. The Hall–Kier alpha value is -1.58. The van der Waals surface area contributed by atoms with Crippen LogP contribution < -0.4 is 0 Å². The molecule has 0 saturated carbocycles. The maximum absolute atomic E-state index is 8.73. The molecule has 0 aromatic carbocycles. The number of imidazole rings is 1. The van der Waals surface area contributed by atoms with Gasteiger partial charge in [-0.15, -0.1) is 0 Å². The molecular formula is C15H17ClN2O. The van der Waals surface area contributed by atoms with Gasteiger partial charge in [-0.2, -0.15) is 0 Å². The Morgan fingerprint density at radius 1 is 1.42 bits per heavy atom. The van der Waals surface area contributed by atoms with Gasteiger partial charge in [0.25, 0.3) is 0 Å². The van der Waals surface area contributed by atoms with Crippen LogP contribution in [0.1, 0.15) is 25.3 Å². The molecule has 0 spiro atoms. The lowest BCUT2D eigenvalue weighted by molar-refractivity contribution is 0.302. The monoisotopic (exact) mass is 276 g/mol. The van der Waals surface area contributed by atoms with Gasteiger partial charge in [0.1, 0.15) is 10.8 Å². The average Bonchev–Trinajstić information content (AvgIpc) is 2.78. The number of fused-ring (bicyclic) bond motifs is 1. The van der Waals surface area contributed by atoms with E-state index >= 15 is 0 Å². The Balaban J connectivity index is 2.29. The summed E-state index contributed by atoms with van der Waals surface area (Å²) in [6.45, 7) is 2.31. The smallest absolute Gasteiger partial charge is 0.148 e. The molecule has 0 unspecified atom stereocenters. The van der Waals surface area contributed by atoms with Gasteiger partial charge >= 0.3 is 0 Å². The fraction of sp³-hybridized carbons (Fsp3) is 0.267. The molecule has 0 aliphatic rings. The van der Waals surface area contributed by atoms with Crippen LogP contribution in [-0.2, 0) is 0 Å². The molecular weight excluding hydrogens is 260 g/mol. The number of aromatic nitrogens is 2. The minimum absolute atomic E-state index is 0.186. The molecule has 4 heteroatoms. The molecule has 2 aromatic heterocycles. The zero-order chi connectivity index (χ0) is 13.7. The molecule has 2 rings (SSSR count). The van der Waals surface area contributed by atoms with E-state index in [0.717, 1.165) is 17.6 Å². The Morgan fingerprint density at radius 2 is 2.26 bits per heavy atom. The van der Waals surface area contributed by atoms with E-state index in [0.29, 0.717) is 11.6 Å². The first-order valence-corrected chi connectivity index (χ1v) is 6.73. The van der Waals surface area contributed by atoms with Crippen LogP contribution in [0.2, 0.25) is 5.15 Å². The number of rotatable bonds is 5. The van der Waals surface area contributed by atoms with Crippen LogP contribution in [0.5, 0.6) is 0 Å². The van der Waals surface area contributed by atoms with Crippen molar-refractivity contribution >= 4 is 22.8 Å². The van der Waals surface area contributed by atoms with Gasteiger partial charge in [0.15, 0.2) is 0 Å². The maximum atomic E-state index is 8.73. The van der Waals surface area contributed by atoms with Crippen LogP contribution in [0.3, 0.4) is 0 Å². The standard InChI is InChI=1S/C15H17ClN2O/c1-2-12(6-4-3-5-9-19)13-7-8-15-17-14(16)11-18(15)10-13/h3-4,6-8,10-11,19H,2,5,9H2,1H3/b4-3-,12-6+. The van der Waals surface area contributed by atoms with Crippen molar-refractivity contribution in [2.75, 3.05) is 6.61 Å². The molecule has 0 radical (unpaired) electrons. The molecule has 0 aliphatic heterocycles. The summed E-state index contributed by atoms with van der Waals surface area (Å²) in [4.78, 5) is 4.19. The minimum atomic E-state index is 0.186. The van der Waals surface area contributed by atoms with Gasteiger partial charge in [-0.25, -0.2) is 4.98 Å². The van der Waals surface area contributed by atoms with E-state index < -0.39 is 0 Å². The normalized spacial score (nSPS) is 12.7. The number of halogens is 1. The second-order valence-electron chi connectivity index (χ2n) is 4.23. The van der Waals surface area contributed by atoms with Gasteiger partial charge in [0.2, 0.25) is 0 Å². The Kier molecular flexibility index (Phi) is 4.77. The topological polar surface area (TPSA) is 37.5 Å². The lowest BCUT2D eigenvalue weighted by Crippen LogP contribution is -1.88. The molecule has 0 saturated heterocycles. The molecule has 0 atom stereocenters. The summed E-state index contributed by atoms with van der Waals surface area (Å²) < 4.78 is 1.93. The zero-order valence-electron chi connectivity index (χ0n) is 10.9. The summed E-state index contributed by atoms with van der Waals surface area (Å²) >= 11 is 5.89. The summed E-state index contributed by atoms with van der Waals surface area (Å²) in [7, 11) is 0. The maximum Gasteiger partial charge on any atom is 0.148 e. The molecule has 0 amide bonds. The molecule has 3 nitrogen and oxygen atoms in total. The van der Waals surface area contributed by atoms with Gasteiger partial charge in [-0.05, 0) is 36.1 Å². The zero-order valence-corrected chi connectivity index (χ0v) is 11.6. The van der Waals surface area contributed by atoms with Crippen molar-refractivity contribution in [3.63, 3.8) is 0 Å². The SMILES string of the molecule is CC/C(=C\C=C/CCO)c1ccc2nc(Cl)cn2c1. The van der Waals surface area contributed by atoms with E-state index in [2.05, 4.69) is 18.0 Å². The van der Waals surface area contributed by atoms with E-state index in [1.807, 2.05) is 34.9 Å². The fourth-order valence-corrected chi connectivity index (χ4v) is 2.12. The summed E-state index contributed by atoms with van der Waals surface area (Å²) in [5.74, 6) is 0. The highest BCUT2D eigenvalue weighted by molar-refractivity contribution is 6.29. The predicted octanol–water partition coefficient (Wildman–Crippen LogP) is 3.72. The number of pyridine rings is 1. The lowest BCUT2D eigenvalue weighted by Gasteiger charge is -2.04. The van der Waals surface area contributed by atoms with Crippen LogP contribution in [0.4, 0.5) is 0 Å². The Bertz CT molecular complexity index is 614. The number of nitrogens with zero attached hydrogens (tertiary/aromatic N) is 2. The van der Waals surface area contributed by atoms with Gasteiger partial charge in [0.05, 0.1) is 0 Å². The first-order valence-electron chi connectivity index (χ1n) is 6.35. The summed E-state index contributed by atoms with van der Waals surface area (Å²) in [6.07, 6.45) is 11.5. The predicted molar refractivity (Wildman–Crippen MR) is 79.3 cm³/mol. The van der Waals surface area contributed by atoms with Crippen LogP contribution >= 0.6 is 11.6 Å². The van der Waals surface area contributed by atoms with E-state index in [1.165, 1.54) is 5.57 Å². The summed E-state index contributed by atoms with van der Waals surface area (Å²) in [5, 5.41) is 9.23. The molecule has 0 fully saturated rings. The molecule has 0 aliphatic carbocycles. The highest BCUT2D eigenvalue weighted by Gasteiger charge is 2.02. The van der Waals surface area contributed by atoms with E-state index in [4.69, 9.17) is 16.7 Å². The van der Waals surface area contributed by atoms with Crippen molar-refractivity contribution in [2.45, 2.75) is 19.8 Å². The van der Waals surface area contributed by atoms with Gasteiger partial charge < -0.3 is 9.51 Å². The first-order chi connectivity index (χ1) is 9.24. The van der Waals surface area contributed by atoms with E-state index in [1.54, 1.807) is 6.20 Å². The Morgan fingerprint density at radius 3 is 3.00 bits per heavy atom. The van der Waals surface area contributed by atoms with Crippen molar-refractivity contribution < 1.29 is 5.11 Å². The lowest BCUT2D eigenvalue weighted by atomic mass is 10.1. The van der Waals surface area contributed by atoms with E-state index in [9.17, 15) is 0 Å². The minimum Gasteiger partial charge on any atom is -0.396 e. The van der Waals surface area contributed by atoms with Gasteiger partial charge in [0, 0.05) is 19.0 Å². The third kappa shape index (κ3) is 3.46. The quantitative estimate of drug-likeness (QED) is 0.845. The largest absolute Gasteiger partial charge is 0.396 e. The second-order valence-corrected chi connectivity index (χ2v) is 4.62. The second kappa shape index (κ2) is 6.55. The van der Waals surface area contributed by atoms with Crippen LogP contribution in [0, 0.1) is 0 Å². The summed E-state index contributed by atoms with van der Waals surface area (Å²) in [6, 6.07) is 4.01. The number of hydrogen-bond acceptors (Lipinski definition) is 2. The highest BCUT2D eigenvalue weighted by Crippen LogP contribution is 2.20. The van der Waals surface area contributed by atoms with Gasteiger partial charge in [-0.3, -0.25) is 0 Å². The van der Waals surface area contributed by atoms with Crippen molar-refractivity contribution in [1.82, 2.24) is 9.38 Å². The summed E-state index contributed by atoms with van der Waals surface area (Å²) in [5.41, 5.74) is 3.23. The van der Waals surface area contributed by atoms with Crippen LogP contribution in [-0.4, -0.2) is 21.1 Å². The Labute approximate surface area is 117 Å². The third-order valence-electron chi connectivity index (χ3n) is 2.90. The van der Waals surface area contributed by atoms with E-state index in [-0.39, 0.29) is 6.61 Å². The van der Waals surface area contributed by atoms with Crippen LogP contribution in [0.15, 0.2) is 42.8 Å². The third-order valence-corrected chi connectivity index (χ3v) is 3.08.